The van der Waals surface area contributed by atoms with Gasteiger partial charge in [-0.2, -0.15) is 0 Å². The topological polar surface area (TPSA) is 164 Å². The Balaban J connectivity index is 1.32. The first-order valence-corrected chi connectivity index (χ1v) is 17.7. The van der Waals surface area contributed by atoms with E-state index in [0.29, 0.717) is 48.1 Å². The van der Waals surface area contributed by atoms with Gasteiger partial charge in [0.2, 0.25) is 0 Å². The van der Waals surface area contributed by atoms with E-state index in [1.54, 1.807) is 72.5 Å². The molecule has 4 aromatic rings. The predicted octanol–water partition coefficient (Wildman–Crippen LogP) is 4.68. The fraction of sp³-hybridized carbons (Fsp3) is 0.297. The third-order valence-electron chi connectivity index (χ3n) is 8.66. The van der Waals surface area contributed by atoms with Gasteiger partial charge in [0.05, 0.1) is 41.6 Å². The van der Waals surface area contributed by atoms with Crippen LogP contribution in [0.2, 0.25) is 0 Å². The van der Waals surface area contributed by atoms with Gasteiger partial charge in [0.15, 0.2) is 0 Å². The Morgan fingerprint density at radius 1 is 1.08 bits per heavy atom. The smallest absolute Gasteiger partial charge is 0.261 e. The molecule has 0 unspecified atom stereocenters. The van der Waals surface area contributed by atoms with Gasteiger partial charge in [-0.05, 0) is 86.3 Å². The number of amides is 2. The third kappa shape index (κ3) is 8.54. The summed E-state index contributed by atoms with van der Waals surface area (Å²) in [6.07, 6.45) is -0.358. The van der Waals surface area contributed by atoms with Gasteiger partial charge in [-0.3, -0.25) is 19.2 Å². The van der Waals surface area contributed by atoms with Crippen molar-refractivity contribution >= 4 is 38.9 Å². The second-order valence-corrected chi connectivity index (χ2v) is 14.2. The number of fused-ring (bicyclic) bond motifs is 1. The van der Waals surface area contributed by atoms with Crippen LogP contribution in [0.3, 0.4) is 0 Å². The highest BCUT2D eigenvalue weighted by Gasteiger charge is 2.34. The van der Waals surface area contributed by atoms with E-state index in [4.69, 9.17) is 15.2 Å². The van der Waals surface area contributed by atoms with Crippen LogP contribution in [0, 0.1) is 5.92 Å². The van der Waals surface area contributed by atoms with Gasteiger partial charge >= 0.3 is 0 Å². The van der Waals surface area contributed by atoms with Crippen LogP contribution in [0.1, 0.15) is 40.1 Å². The number of methoxy groups -OCH3 is 1. The number of likely N-dealkylation sites (N-methyl/N-ethyl adjacent to an activating group) is 1. The van der Waals surface area contributed by atoms with E-state index < -0.39 is 16.1 Å². The summed E-state index contributed by atoms with van der Waals surface area (Å²) in [7, 11) is -0.509. The van der Waals surface area contributed by atoms with E-state index in [1.165, 1.54) is 25.3 Å². The van der Waals surface area contributed by atoms with E-state index >= 15 is 0 Å². The quantitative estimate of drug-likeness (QED) is 0.154. The Bertz CT molecular complexity index is 1920. The van der Waals surface area contributed by atoms with Crippen molar-refractivity contribution in [1.82, 2.24) is 9.80 Å². The molecule has 5 rings (SSSR count). The minimum absolute atomic E-state index is 0.0374. The number of nitrogens with two attached hydrogens (primary N) is 1. The predicted molar refractivity (Wildman–Crippen MR) is 193 cm³/mol. The Kier molecular flexibility index (Phi) is 11.3. The third-order valence-corrected chi connectivity index (χ3v) is 10.1. The van der Waals surface area contributed by atoms with Crippen molar-refractivity contribution in [2.75, 3.05) is 49.6 Å². The zero-order valence-corrected chi connectivity index (χ0v) is 29.3. The van der Waals surface area contributed by atoms with Gasteiger partial charge < -0.3 is 30.5 Å². The molecular weight excluding hydrogens is 659 g/mol. The van der Waals surface area contributed by atoms with Gasteiger partial charge in [-0.15, -0.1) is 0 Å². The number of benzene rings is 4. The summed E-state index contributed by atoms with van der Waals surface area (Å²) < 4.78 is 40.5. The van der Waals surface area contributed by atoms with Crippen molar-refractivity contribution in [2.45, 2.75) is 37.4 Å². The van der Waals surface area contributed by atoms with Crippen LogP contribution in [0.4, 0.5) is 17.1 Å². The van der Waals surface area contributed by atoms with E-state index in [1.807, 2.05) is 26.1 Å². The highest BCUT2D eigenvalue weighted by atomic mass is 32.2. The van der Waals surface area contributed by atoms with Crippen LogP contribution in [-0.4, -0.2) is 81.1 Å². The van der Waals surface area contributed by atoms with Crippen molar-refractivity contribution in [3.8, 4) is 11.5 Å². The number of nitrogens with zero attached hydrogens (tertiary/aromatic N) is 2. The molecule has 0 saturated carbocycles. The van der Waals surface area contributed by atoms with Gasteiger partial charge in [0, 0.05) is 36.8 Å². The Hall–Kier alpha value is -5.11. The molecule has 1 aliphatic heterocycles. The van der Waals surface area contributed by atoms with Gasteiger partial charge in [0.25, 0.3) is 21.8 Å². The first-order valence-electron chi connectivity index (χ1n) is 16.2. The van der Waals surface area contributed by atoms with Crippen LogP contribution in [-0.2, 0) is 16.6 Å². The summed E-state index contributed by atoms with van der Waals surface area (Å²) >= 11 is 0. The molecule has 1 aliphatic rings. The SMILES string of the molecule is COc1ccc(S(=O)(=O)Nc2ccc3c(c2)C(=O)N([C@H](C)CO)C[C@H](C)[C@@H](CN(C)Cc2ccc(C(=O)Nc4ccccc4N)cc2)O3)cc1. The number of hydrogen-bond acceptors (Lipinski definition) is 9. The number of carbonyl (C=O) groups is 2. The fourth-order valence-electron chi connectivity index (χ4n) is 5.72. The lowest BCUT2D eigenvalue weighted by Crippen LogP contribution is -2.49. The highest BCUT2D eigenvalue weighted by molar-refractivity contribution is 7.92. The molecular formula is C37H43N5O7S. The average molecular weight is 702 g/mol. The van der Waals surface area contributed by atoms with Crippen LogP contribution in [0.15, 0.2) is 95.9 Å². The maximum Gasteiger partial charge on any atom is 0.261 e. The number of ether oxygens (including phenoxy) is 2. The standard InChI is InChI=1S/C37H43N5O7S/c1-24-20-42(25(2)23-43)37(45)31-19-28(40-50(46,47)30-16-14-29(48-4)15-17-30)13-18-34(31)49-35(24)22-41(3)21-26-9-11-27(12-10-26)36(44)39-33-8-6-5-7-32(33)38/h5-19,24-25,35,40,43H,20-23,38H2,1-4H3,(H,39,44)/t24-,25+,35+/m0/s1. The Morgan fingerprint density at radius 2 is 1.78 bits per heavy atom. The zero-order chi connectivity index (χ0) is 36.0. The summed E-state index contributed by atoms with van der Waals surface area (Å²) in [5.41, 5.74) is 8.87. The molecule has 0 aromatic heterocycles. The fourth-order valence-corrected chi connectivity index (χ4v) is 6.77. The zero-order valence-electron chi connectivity index (χ0n) is 28.5. The van der Waals surface area contributed by atoms with E-state index in [0.717, 1.165) is 5.56 Å². The molecule has 13 heteroatoms. The van der Waals surface area contributed by atoms with Crippen molar-refractivity contribution in [1.29, 1.82) is 0 Å². The molecule has 1 heterocycles. The number of aliphatic hydroxyl groups is 1. The first kappa shape index (κ1) is 36.2. The van der Waals surface area contributed by atoms with Crippen LogP contribution in [0.25, 0.3) is 0 Å². The van der Waals surface area contributed by atoms with Crippen LogP contribution >= 0.6 is 0 Å². The number of anilines is 3. The van der Waals surface area contributed by atoms with Gasteiger partial charge in [-0.25, -0.2) is 8.42 Å². The molecule has 0 fully saturated rings. The van der Waals surface area contributed by atoms with Crippen LogP contribution in [0.5, 0.6) is 11.5 Å². The largest absolute Gasteiger partial charge is 0.497 e. The maximum atomic E-state index is 13.9. The number of rotatable bonds is 12. The molecule has 50 heavy (non-hydrogen) atoms. The monoisotopic (exact) mass is 701 g/mol. The molecule has 5 N–H and O–H groups in total. The lowest BCUT2D eigenvalue weighted by atomic mass is 9.99. The van der Waals surface area contributed by atoms with Gasteiger partial charge in [-0.1, -0.05) is 31.2 Å². The van der Waals surface area contributed by atoms with Crippen molar-refractivity contribution in [3.63, 3.8) is 0 Å². The molecule has 0 aliphatic carbocycles. The number of carbonyl (C=O) groups excluding carboxylic acids is 2. The number of para-hydroxylation sites is 2. The molecule has 0 spiro atoms. The molecule has 12 nitrogen and oxygen atoms in total. The minimum atomic E-state index is -3.97. The second kappa shape index (κ2) is 15.6. The molecule has 264 valence electrons. The molecule has 0 radical (unpaired) electrons. The molecule has 4 aromatic carbocycles. The second-order valence-electron chi connectivity index (χ2n) is 12.5. The number of nitrogens with one attached hydrogen (secondary N) is 2. The summed E-state index contributed by atoms with van der Waals surface area (Å²) in [6.45, 7) is 4.90. The number of nitrogen functional groups attached to an aromatic ring is 1. The Morgan fingerprint density at radius 3 is 2.44 bits per heavy atom. The lowest BCUT2D eigenvalue weighted by molar-refractivity contribution is 0.0341. The summed E-state index contributed by atoms with van der Waals surface area (Å²) in [4.78, 5) is 30.4. The summed E-state index contributed by atoms with van der Waals surface area (Å²) in [5.74, 6) is 0.0918. The average Bonchev–Trinajstić information content (AvgIpc) is 3.10. The number of aliphatic hydroxyl groups excluding tert-OH is 1. The van der Waals surface area contributed by atoms with Crippen molar-refractivity contribution in [2.24, 2.45) is 5.92 Å². The van der Waals surface area contributed by atoms with Gasteiger partial charge in [0.1, 0.15) is 17.6 Å². The summed E-state index contributed by atoms with van der Waals surface area (Å²) in [5, 5.41) is 12.9. The van der Waals surface area contributed by atoms with E-state index in [2.05, 4.69) is 14.9 Å². The normalized spacial score (nSPS) is 16.8. The maximum absolute atomic E-state index is 13.9. The number of sulfonamides is 1. The molecule has 0 saturated heterocycles. The van der Waals surface area contributed by atoms with Crippen molar-refractivity contribution < 1.29 is 32.6 Å². The summed E-state index contributed by atoms with van der Waals surface area (Å²) in [6, 6.07) is 24.5. The van der Waals surface area contributed by atoms with E-state index in [9.17, 15) is 23.1 Å². The molecule has 0 bridgehead atoms. The first-order chi connectivity index (χ1) is 23.9. The highest BCUT2D eigenvalue weighted by Crippen LogP contribution is 2.32. The van der Waals surface area contributed by atoms with Crippen LogP contribution < -0.4 is 25.2 Å². The minimum Gasteiger partial charge on any atom is -0.497 e. The van der Waals surface area contributed by atoms with Crippen molar-refractivity contribution in [3.05, 3.63) is 108 Å². The Labute approximate surface area is 292 Å². The molecule has 2 amide bonds. The molecule has 3 atom stereocenters. The van der Waals surface area contributed by atoms with E-state index in [-0.39, 0.29) is 46.6 Å². The number of hydrogen-bond donors (Lipinski definition) is 4. The lowest BCUT2D eigenvalue weighted by Gasteiger charge is -2.38.